The molecule has 140 valence electrons. The molecule has 4 nitrogen and oxygen atoms in total. The van der Waals surface area contributed by atoms with Crippen molar-refractivity contribution in [2.24, 2.45) is 5.73 Å². The monoisotopic (exact) mass is 370 g/mol. The molecular formula is C24H22N2O2. The summed E-state index contributed by atoms with van der Waals surface area (Å²) in [4.78, 5) is 27.6. The second kappa shape index (κ2) is 7.69. The zero-order valence-corrected chi connectivity index (χ0v) is 15.5. The van der Waals surface area contributed by atoms with Crippen molar-refractivity contribution >= 4 is 11.8 Å². The number of hydrogen-bond acceptors (Lipinski definition) is 2. The molecule has 1 aliphatic rings. The molecule has 28 heavy (non-hydrogen) atoms. The number of carbonyl (C=O) groups is 2. The summed E-state index contributed by atoms with van der Waals surface area (Å²) in [6.45, 7) is 0.388. The first-order chi connectivity index (χ1) is 13.6. The Balaban J connectivity index is 1.76. The maximum Gasteiger partial charge on any atom is 0.240 e. The minimum atomic E-state index is -0.641. The molecule has 3 aromatic carbocycles. The van der Waals surface area contributed by atoms with Gasteiger partial charge in [0.2, 0.25) is 11.8 Å². The van der Waals surface area contributed by atoms with E-state index in [1.54, 1.807) is 4.90 Å². The van der Waals surface area contributed by atoms with Gasteiger partial charge in [-0.1, -0.05) is 84.9 Å². The number of nitrogens with zero attached hydrogens (tertiary/aromatic N) is 1. The molecule has 0 fully saturated rings. The molecule has 0 saturated heterocycles. The van der Waals surface area contributed by atoms with Crippen LogP contribution >= 0.6 is 0 Å². The van der Waals surface area contributed by atoms with E-state index in [4.69, 9.17) is 5.73 Å². The lowest BCUT2D eigenvalue weighted by Gasteiger charge is -2.37. The van der Waals surface area contributed by atoms with Crippen LogP contribution in [0, 0.1) is 0 Å². The summed E-state index contributed by atoms with van der Waals surface area (Å²) in [6.07, 6.45) is 0.452. The first-order valence-corrected chi connectivity index (χ1v) is 9.41. The van der Waals surface area contributed by atoms with Gasteiger partial charge in [-0.25, -0.2) is 0 Å². The van der Waals surface area contributed by atoms with Gasteiger partial charge in [0, 0.05) is 13.0 Å². The van der Waals surface area contributed by atoms with Crippen molar-refractivity contribution in [2.45, 2.75) is 24.9 Å². The van der Waals surface area contributed by atoms with Crippen molar-refractivity contribution in [1.82, 2.24) is 4.90 Å². The van der Waals surface area contributed by atoms with Crippen LogP contribution < -0.4 is 5.73 Å². The summed E-state index contributed by atoms with van der Waals surface area (Å²) >= 11 is 0. The first-order valence-electron chi connectivity index (χ1n) is 9.41. The Morgan fingerprint density at radius 2 is 1.29 bits per heavy atom. The largest absolute Gasteiger partial charge is 0.368 e. The molecule has 0 radical (unpaired) electrons. The van der Waals surface area contributed by atoms with Crippen molar-refractivity contribution in [2.75, 3.05) is 0 Å². The third kappa shape index (κ3) is 3.41. The predicted octanol–water partition coefficient (Wildman–Crippen LogP) is 3.26. The zero-order valence-electron chi connectivity index (χ0n) is 15.5. The molecule has 3 aromatic rings. The lowest BCUT2D eigenvalue weighted by atomic mass is 9.87. The van der Waals surface area contributed by atoms with Crippen molar-refractivity contribution in [3.8, 4) is 0 Å². The van der Waals surface area contributed by atoms with Gasteiger partial charge in [0.15, 0.2) is 0 Å². The van der Waals surface area contributed by atoms with Crippen LogP contribution in [0.25, 0.3) is 0 Å². The minimum absolute atomic E-state index is 0.101. The summed E-state index contributed by atoms with van der Waals surface area (Å²) < 4.78 is 0. The van der Waals surface area contributed by atoms with Crippen LogP contribution in [0.4, 0.5) is 0 Å². The summed E-state index contributed by atoms with van der Waals surface area (Å²) in [6, 6.07) is 26.6. The SMILES string of the molecule is NC(=O)C1Cc2ccccc2CN1C(=O)C(c1ccccc1)c1ccccc1. The van der Waals surface area contributed by atoms with Gasteiger partial charge in [-0.2, -0.15) is 0 Å². The highest BCUT2D eigenvalue weighted by Crippen LogP contribution is 2.31. The molecule has 4 heteroatoms. The number of carbonyl (C=O) groups excluding carboxylic acids is 2. The molecule has 1 heterocycles. The molecule has 0 spiro atoms. The second-order valence-electron chi connectivity index (χ2n) is 7.11. The number of benzene rings is 3. The number of primary amides is 1. The van der Waals surface area contributed by atoms with Crippen LogP contribution in [-0.2, 0) is 22.6 Å². The van der Waals surface area contributed by atoms with Crippen molar-refractivity contribution in [1.29, 1.82) is 0 Å². The summed E-state index contributed by atoms with van der Waals surface area (Å²) in [5.74, 6) is -1.05. The number of fused-ring (bicyclic) bond motifs is 1. The molecule has 2 amide bonds. The van der Waals surface area contributed by atoms with Gasteiger partial charge in [-0.05, 0) is 22.3 Å². The number of amides is 2. The van der Waals surface area contributed by atoms with Crippen molar-refractivity contribution in [3.63, 3.8) is 0 Å². The van der Waals surface area contributed by atoms with E-state index in [1.165, 1.54) is 0 Å². The summed E-state index contributed by atoms with van der Waals surface area (Å²) in [5, 5.41) is 0. The normalized spacial score (nSPS) is 15.9. The van der Waals surface area contributed by atoms with Gasteiger partial charge < -0.3 is 10.6 Å². The fraction of sp³-hybridized carbons (Fsp3) is 0.167. The van der Waals surface area contributed by atoms with E-state index in [0.717, 1.165) is 22.3 Å². The maximum atomic E-state index is 13.7. The van der Waals surface area contributed by atoms with Gasteiger partial charge >= 0.3 is 0 Å². The Labute approximate surface area is 164 Å². The zero-order chi connectivity index (χ0) is 19.5. The number of hydrogen-bond donors (Lipinski definition) is 1. The molecule has 1 atom stereocenters. The van der Waals surface area contributed by atoms with E-state index in [9.17, 15) is 9.59 Å². The molecule has 0 saturated carbocycles. The van der Waals surface area contributed by atoms with Crippen LogP contribution in [0.3, 0.4) is 0 Å². The Morgan fingerprint density at radius 3 is 1.82 bits per heavy atom. The fourth-order valence-electron chi connectivity index (χ4n) is 3.94. The highest BCUT2D eigenvalue weighted by molar-refractivity contribution is 5.92. The molecular weight excluding hydrogens is 348 g/mol. The molecule has 0 bridgehead atoms. The third-order valence-corrected chi connectivity index (χ3v) is 5.37. The number of nitrogens with two attached hydrogens (primary N) is 1. The lowest BCUT2D eigenvalue weighted by molar-refractivity contribution is -0.141. The van der Waals surface area contributed by atoms with Crippen LogP contribution in [0.2, 0.25) is 0 Å². The van der Waals surface area contributed by atoms with Crippen LogP contribution in [0.1, 0.15) is 28.2 Å². The molecule has 1 unspecified atom stereocenters. The van der Waals surface area contributed by atoms with E-state index >= 15 is 0 Å². The molecule has 1 aliphatic heterocycles. The van der Waals surface area contributed by atoms with Crippen LogP contribution in [0.15, 0.2) is 84.9 Å². The second-order valence-corrected chi connectivity index (χ2v) is 7.11. The Hall–Kier alpha value is -3.40. The Morgan fingerprint density at radius 1 is 0.786 bits per heavy atom. The van der Waals surface area contributed by atoms with Gasteiger partial charge in [0.25, 0.3) is 0 Å². The lowest BCUT2D eigenvalue weighted by Crippen LogP contribution is -2.52. The molecule has 0 aromatic heterocycles. The predicted molar refractivity (Wildman–Crippen MR) is 108 cm³/mol. The fourth-order valence-corrected chi connectivity index (χ4v) is 3.94. The van der Waals surface area contributed by atoms with E-state index in [-0.39, 0.29) is 5.91 Å². The van der Waals surface area contributed by atoms with Gasteiger partial charge in [-0.15, -0.1) is 0 Å². The smallest absolute Gasteiger partial charge is 0.240 e. The van der Waals surface area contributed by atoms with E-state index in [1.807, 2.05) is 84.9 Å². The Bertz CT molecular complexity index is 946. The Kier molecular flexibility index (Phi) is 4.94. The molecule has 2 N–H and O–H groups in total. The minimum Gasteiger partial charge on any atom is -0.368 e. The van der Waals surface area contributed by atoms with E-state index in [0.29, 0.717) is 13.0 Å². The quantitative estimate of drug-likeness (QED) is 0.766. The average molecular weight is 370 g/mol. The van der Waals surface area contributed by atoms with Gasteiger partial charge in [0.1, 0.15) is 6.04 Å². The topological polar surface area (TPSA) is 63.4 Å². The van der Waals surface area contributed by atoms with Gasteiger partial charge in [0.05, 0.1) is 5.92 Å². The number of rotatable bonds is 4. The van der Waals surface area contributed by atoms with E-state index in [2.05, 4.69) is 0 Å². The van der Waals surface area contributed by atoms with Crippen molar-refractivity contribution in [3.05, 3.63) is 107 Å². The molecule has 0 aliphatic carbocycles. The highest BCUT2D eigenvalue weighted by atomic mass is 16.2. The average Bonchev–Trinajstić information content (AvgIpc) is 2.74. The molecule has 4 rings (SSSR count). The third-order valence-electron chi connectivity index (χ3n) is 5.37. The standard InChI is InChI=1S/C24H22N2O2/c25-23(27)21-15-19-13-7-8-14-20(19)16-26(21)24(28)22(17-9-3-1-4-10-17)18-11-5-2-6-12-18/h1-14,21-22H,15-16H2,(H2,25,27). The summed E-state index contributed by atoms with van der Waals surface area (Å²) in [5.41, 5.74) is 9.64. The maximum absolute atomic E-state index is 13.7. The van der Waals surface area contributed by atoms with Crippen LogP contribution in [0.5, 0.6) is 0 Å². The summed E-state index contributed by atoms with van der Waals surface area (Å²) in [7, 11) is 0. The first kappa shape index (κ1) is 18.0. The van der Waals surface area contributed by atoms with Crippen molar-refractivity contribution < 1.29 is 9.59 Å². The van der Waals surface area contributed by atoms with E-state index < -0.39 is 17.9 Å². The van der Waals surface area contributed by atoms with Gasteiger partial charge in [-0.3, -0.25) is 9.59 Å². The van der Waals surface area contributed by atoms with Crippen LogP contribution in [-0.4, -0.2) is 22.8 Å². The highest BCUT2D eigenvalue weighted by Gasteiger charge is 2.37.